The third-order valence-corrected chi connectivity index (χ3v) is 4.36. The highest BCUT2D eigenvalue weighted by atomic mass is 16.6. The minimum atomic E-state index is -0.412. The van der Waals surface area contributed by atoms with Gasteiger partial charge in [-0.05, 0) is 55.7 Å². The quantitative estimate of drug-likeness (QED) is 0.896. The van der Waals surface area contributed by atoms with Crippen LogP contribution in [-0.4, -0.2) is 17.2 Å². The monoisotopic (exact) mass is 310 g/mol. The number of hydrogen-bond donors (Lipinski definition) is 1. The third-order valence-electron chi connectivity index (χ3n) is 4.36. The summed E-state index contributed by atoms with van der Waals surface area (Å²) in [6.07, 6.45) is 5.25. The van der Waals surface area contributed by atoms with Crippen molar-refractivity contribution in [2.45, 2.75) is 44.6 Å². The van der Waals surface area contributed by atoms with Crippen molar-refractivity contribution in [3.63, 3.8) is 0 Å². The van der Waals surface area contributed by atoms with Crippen LogP contribution in [0.2, 0.25) is 0 Å². The number of carbonyl (C=O) groups is 1. The predicted octanol–water partition coefficient (Wildman–Crippen LogP) is 4.66. The van der Waals surface area contributed by atoms with Crippen LogP contribution in [0.3, 0.4) is 0 Å². The highest BCUT2D eigenvalue weighted by molar-refractivity contribution is 5.83. The Balaban J connectivity index is 1.47. The molecule has 1 fully saturated rings. The number of pyridine rings is 1. The van der Waals surface area contributed by atoms with Gasteiger partial charge in [-0.25, -0.2) is 9.78 Å². The number of ether oxygens (including phenoxy) is 1. The normalized spacial score (nSPS) is 20.7. The van der Waals surface area contributed by atoms with Crippen LogP contribution in [0.4, 0.5) is 10.6 Å². The molecule has 4 nitrogen and oxygen atoms in total. The maximum Gasteiger partial charge on any atom is 0.413 e. The average molecular weight is 310 g/mol. The topological polar surface area (TPSA) is 51.2 Å². The molecule has 0 atom stereocenters. The Hall–Kier alpha value is -2.36. The number of carbonyl (C=O) groups excluding carboxylic acids is 1. The van der Waals surface area contributed by atoms with Gasteiger partial charge in [0.2, 0.25) is 0 Å². The molecule has 1 aliphatic rings. The number of benzene rings is 1. The number of nitrogens with zero attached hydrogens (tertiary/aromatic N) is 1. The maximum absolute atomic E-state index is 11.9. The van der Waals surface area contributed by atoms with Gasteiger partial charge < -0.3 is 4.74 Å². The van der Waals surface area contributed by atoms with E-state index in [-0.39, 0.29) is 6.10 Å². The number of amides is 1. The highest BCUT2D eigenvalue weighted by Gasteiger charge is 2.24. The molecule has 1 aromatic heterocycles. The van der Waals surface area contributed by atoms with Gasteiger partial charge in [0.1, 0.15) is 11.9 Å². The molecule has 3 rings (SSSR count). The van der Waals surface area contributed by atoms with Gasteiger partial charge >= 0.3 is 6.09 Å². The molecule has 1 heterocycles. The van der Waals surface area contributed by atoms with Crippen molar-refractivity contribution < 1.29 is 9.53 Å². The van der Waals surface area contributed by atoms with E-state index < -0.39 is 6.09 Å². The summed E-state index contributed by atoms with van der Waals surface area (Å²) in [4.78, 5) is 16.1. The summed E-state index contributed by atoms with van der Waals surface area (Å²) in [5.74, 6) is 1.11. The Morgan fingerprint density at radius 2 is 1.83 bits per heavy atom. The Bertz CT molecular complexity index is 632. The average Bonchev–Trinajstić information content (AvgIpc) is 2.58. The second kappa shape index (κ2) is 7.27. The van der Waals surface area contributed by atoms with Crippen LogP contribution in [0.1, 0.15) is 42.7 Å². The first kappa shape index (κ1) is 15.5. The molecule has 0 aliphatic heterocycles. The van der Waals surface area contributed by atoms with Gasteiger partial charge in [0.15, 0.2) is 0 Å². The van der Waals surface area contributed by atoms with Gasteiger partial charge in [-0.3, -0.25) is 5.32 Å². The summed E-state index contributed by atoms with van der Waals surface area (Å²) in [5, 5.41) is 2.69. The van der Waals surface area contributed by atoms with Gasteiger partial charge in [-0.2, -0.15) is 0 Å². The summed E-state index contributed by atoms with van der Waals surface area (Å²) in [6.45, 7) is 1.96. The van der Waals surface area contributed by atoms with Crippen LogP contribution in [0.25, 0.3) is 0 Å². The van der Waals surface area contributed by atoms with Gasteiger partial charge in [-0.1, -0.05) is 36.4 Å². The standard InChI is InChI=1S/C19H22N2O2/c1-14-7-12-18(20-13-14)21-19(22)23-17-10-8-16(9-11-17)15-5-3-2-4-6-15/h2-7,12-13,16-17H,8-11H2,1H3,(H,20,21,22)/t16-,17-. The van der Waals surface area contributed by atoms with Crippen molar-refractivity contribution in [2.24, 2.45) is 0 Å². The lowest BCUT2D eigenvalue weighted by atomic mass is 9.83. The van der Waals surface area contributed by atoms with E-state index in [9.17, 15) is 4.79 Å². The largest absolute Gasteiger partial charge is 0.446 e. The molecule has 0 saturated heterocycles. The highest BCUT2D eigenvalue weighted by Crippen LogP contribution is 2.33. The van der Waals surface area contributed by atoms with Crippen LogP contribution in [-0.2, 0) is 4.74 Å². The molecule has 0 spiro atoms. The number of rotatable bonds is 3. The first-order chi connectivity index (χ1) is 11.2. The van der Waals surface area contributed by atoms with E-state index in [0.717, 1.165) is 31.2 Å². The number of anilines is 1. The zero-order valence-electron chi connectivity index (χ0n) is 13.4. The zero-order chi connectivity index (χ0) is 16.1. The molecule has 1 aliphatic carbocycles. The Kier molecular flexibility index (Phi) is 4.91. The predicted molar refractivity (Wildman–Crippen MR) is 90.5 cm³/mol. The fourth-order valence-corrected chi connectivity index (χ4v) is 3.07. The van der Waals surface area contributed by atoms with E-state index in [4.69, 9.17) is 4.74 Å². The smallest absolute Gasteiger partial charge is 0.413 e. The Morgan fingerprint density at radius 3 is 2.48 bits per heavy atom. The van der Waals surface area contributed by atoms with Crippen LogP contribution in [0.5, 0.6) is 0 Å². The first-order valence-corrected chi connectivity index (χ1v) is 8.16. The van der Waals surface area contributed by atoms with Crippen LogP contribution in [0, 0.1) is 6.92 Å². The van der Waals surface area contributed by atoms with Crippen LogP contribution < -0.4 is 5.32 Å². The molecule has 1 saturated carbocycles. The summed E-state index contributed by atoms with van der Waals surface area (Å²) in [6, 6.07) is 14.3. The number of hydrogen-bond acceptors (Lipinski definition) is 3. The molecule has 1 aromatic carbocycles. The zero-order valence-corrected chi connectivity index (χ0v) is 13.4. The van der Waals surface area contributed by atoms with E-state index >= 15 is 0 Å². The van der Waals surface area contributed by atoms with Gasteiger partial charge in [0.05, 0.1) is 0 Å². The van der Waals surface area contributed by atoms with Crippen molar-refractivity contribution in [2.75, 3.05) is 5.32 Å². The molecule has 120 valence electrons. The van der Waals surface area contributed by atoms with E-state index in [2.05, 4.69) is 34.6 Å². The molecule has 0 bridgehead atoms. The van der Waals surface area contributed by atoms with E-state index in [1.807, 2.05) is 19.1 Å². The van der Waals surface area contributed by atoms with Crippen LogP contribution >= 0.6 is 0 Å². The molecule has 1 N–H and O–H groups in total. The Morgan fingerprint density at radius 1 is 1.09 bits per heavy atom. The van der Waals surface area contributed by atoms with Crippen molar-refractivity contribution in [1.29, 1.82) is 0 Å². The first-order valence-electron chi connectivity index (χ1n) is 8.16. The SMILES string of the molecule is Cc1ccc(NC(=O)O[C@H]2CC[C@H](c3ccccc3)CC2)nc1. The molecule has 23 heavy (non-hydrogen) atoms. The van der Waals surface area contributed by atoms with Gasteiger partial charge in [0.25, 0.3) is 0 Å². The molecule has 2 aromatic rings. The summed E-state index contributed by atoms with van der Waals surface area (Å²) in [5.41, 5.74) is 2.45. The summed E-state index contributed by atoms with van der Waals surface area (Å²) in [7, 11) is 0. The molecular formula is C19H22N2O2. The molecular weight excluding hydrogens is 288 g/mol. The fourth-order valence-electron chi connectivity index (χ4n) is 3.07. The lowest BCUT2D eigenvalue weighted by molar-refractivity contribution is 0.0821. The minimum absolute atomic E-state index is 0.000380. The molecule has 1 amide bonds. The number of nitrogens with one attached hydrogen (secondary N) is 1. The van der Waals surface area contributed by atoms with E-state index in [1.54, 1.807) is 12.3 Å². The van der Waals surface area contributed by atoms with Crippen molar-refractivity contribution in [3.05, 3.63) is 59.8 Å². The van der Waals surface area contributed by atoms with Gasteiger partial charge in [-0.15, -0.1) is 0 Å². The lowest BCUT2D eigenvalue weighted by Crippen LogP contribution is -2.26. The number of aryl methyl sites for hydroxylation is 1. The van der Waals surface area contributed by atoms with Crippen molar-refractivity contribution in [1.82, 2.24) is 4.98 Å². The maximum atomic E-state index is 11.9. The molecule has 0 unspecified atom stereocenters. The second-order valence-electron chi connectivity index (χ2n) is 6.14. The van der Waals surface area contributed by atoms with Crippen molar-refractivity contribution in [3.8, 4) is 0 Å². The van der Waals surface area contributed by atoms with E-state index in [0.29, 0.717) is 11.7 Å². The second-order valence-corrected chi connectivity index (χ2v) is 6.14. The lowest BCUT2D eigenvalue weighted by Gasteiger charge is -2.28. The van der Waals surface area contributed by atoms with Crippen molar-refractivity contribution >= 4 is 11.9 Å². The summed E-state index contributed by atoms with van der Waals surface area (Å²) >= 11 is 0. The molecule has 4 heteroatoms. The summed E-state index contributed by atoms with van der Waals surface area (Å²) < 4.78 is 5.52. The Labute approximate surface area is 136 Å². The fraction of sp³-hybridized carbons (Fsp3) is 0.368. The third kappa shape index (κ3) is 4.31. The minimum Gasteiger partial charge on any atom is -0.446 e. The van der Waals surface area contributed by atoms with Crippen LogP contribution in [0.15, 0.2) is 48.7 Å². The number of aromatic nitrogens is 1. The molecule has 0 radical (unpaired) electrons. The van der Waals surface area contributed by atoms with E-state index in [1.165, 1.54) is 5.56 Å². The van der Waals surface area contributed by atoms with Gasteiger partial charge in [0, 0.05) is 6.20 Å².